The largest absolute Gasteiger partial charge is 0.481 e. The topological polar surface area (TPSA) is 78.5 Å². The van der Waals surface area contributed by atoms with Crippen molar-refractivity contribution >= 4 is 5.97 Å². The minimum atomic E-state index is -0.797. The van der Waals surface area contributed by atoms with Gasteiger partial charge in [0.2, 0.25) is 0 Å². The fraction of sp³-hybridized carbons (Fsp3) is 0.474. The molecule has 1 aromatic heterocycles. The van der Waals surface area contributed by atoms with Crippen molar-refractivity contribution < 1.29 is 14.6 Å². The van der Waals surface area contributed by atoms with E-state index in [1.807, 2.05) is 36.5 Å². The summed E-state index contributed by atoms with van der Waals surface area (Å²) in [6.07, 6.45) is 4.92. The molecule has 0 radical (unpaired) electrons. The summed E-state index contributed by atoms with van der Waals surface area (Å²) >= 11 is 0. The number of rotatable bonds is 5. The summed E-state index contributed by atoms with van der Waals surface area (Å²) < 4.78 is 6.11. The summed E-state index contributed by atoms with van der Waals surface area (Å²) in [5.74, 6) is 0.0681. The van der Waals surface area contributed by atoms with Gasteiger partial charge in [0, 0.05) is 37.1 Å². The van der Waals surface area contributed by atoms with E-state index in [-0.39, 0.29) is 18.1 Å². The molecule has 1 saturated heterocycles. The molecule has 1 saturated carbocycles. The van der Waals surface area contributed by atoms with Crippen LogP contribution in [0.2, 0.25) is 0 Å². The SMILES string of the molecule is O=C(O)CC1CN(Cc2cnc(-c3ccccc3)[nH]2)CC2(CCC2)O1. The van der Waals surface area contributed by atoms with Crippen LogP contribution in [-0.4, -0.2) is 50.7 Å². The molecule has 6 nitrogen and oxygen atoms in total. The standard InChI is InChI=1S/C19H23N3O3/c23-17(24)9-16-12-22(13-19(25-16)7-4-8-19)11-15-10-20-18(21-15)14-5-2-1-3-6-14/h1-3,5-6,10,16H,4,7-9,11-13H2,(H,20,21)(H,23,24). The molecule has 2 aromatic rings. The molecule has 0 bridgehead atoms. The maximum atomic E-state index is 11.1. The molecule has 2 aliphatic rings. The second kappa shape index (κ2) is 6.61. The first-order valence-corrected chi connectivity index (χ1v) is 8.83. The van der Waals surface area contributed by atoms with Gasteiger partial charge in [0.25, 0.3) is 0 Å². The number of nitrogens with one attached hydrogen (secondary N) is 1. The highest BCUT2D eigenvalue weighted by atomic mass is 16.5. The average Bonchev–Trinajstić information content (AvgIpc) is 3.02. The molecule has 1 aliphatic carbocycles. The number of aliphatic carboxylic acids is 1. The predicted molar refractivity (Wildman–Crippen MR) is 93.0 cm³/mol. The first kappa shape index (κ1) is 16.3. The molecular weight excluding hydrogens is 318 g/mol. The fourth-order valence-corrected chi connectivity index (χ4v) is 3.88. The second-order valence-electron chi connectivity index (χ2n) is 7.17. The van der Waals surface area contributed by atoms with Gasteiger partial charge in [-0.25, -0.2) is 4.98 Å². The predicted octanol–water partition coefficient (Wildman–Crippen LogP) is 2.67. The van der Waals surface area contributed by atoms with Crippen molar-refractivity contribution in [3.63, 3.8) is 0 Å². The van der Waals surface area contributed by atoms with Crippen molar-refractivity contribution in [3.05, 3.63) is 42.2 Å². The number of hydrogen-bond donors (Lipinski definition) is 2. The highest BCUT2D eigenvalue weighted by Crippen LogP contribution is 2.40. The van der Waals surface area contributed by atoms with Crippen molar-refractivity contribution in [3.8, 4) is 11.4 Å². The number of morpholine rings is 1. The average molecular weight is 341 g/mol. The number of aromatic nitrogens is 2. The molecule has 1 spiro atoms. The van der Waals surface area contributed by atoms with Crippen LogP contribution in [0.25, 0.3) is 11.4 Å². The Morgan fingerprint density at radius 1 is 1.36 bits per heavy atom. The van der Waals surface area contributed by atoms with Crippen LogP contribution in [0.15, 0.2) is 36.5 Å². The third kappa shape index (κ3) is 3.60. The molecule has 25 heavy (non-hydrogen) atoms. The zero-order chi connectivity index (χ0) is 17.3. The van der Waals surface area contributed by atoms with Gasteiger partial charge in [-0.3, -0.25) is 9.69 Å². The molecule has 4 rings (SSSR count). The maximum absolute atomic E-state index is 11.1. The Morgan fingerprint density at radius 2 is 2.16 bits per heavy atom. The van der Waals surface area contributed by atoms with Crippen molar-refractivity contribution in [2.24, 2.45) is 0 Å². The molecule has 1 atom stereocenters. The van der Waals surface area contributed by atoms with Crippen LogP contribution in [0.5, 0.6) is 0 Å². The van der Waals surface area contributed by atoms with E-state index in [9.17, 15) is 4.79 Å². The first-order valence-electron chi connectivity index (χ1n) is 8.83. The Balaban J connectivity index is 1.46. The first-order chi connectivity index (χ1) is 12.1. The maximum Gasteiger partial charge on any atom is 0.306 e. The number of H-pyrrole nitrogens is 1. The second-order valence-corrected chi connectivity index (χ2v) is 7.17. The summed E-state index contributed by atoms with van der Waals surface area (Å²) in [6, 6.07) is 10.0. The number of carboxylic acids is 1. The van der Waals surface area contributed by atoms with E-state index >= 15 is 0 Å². The van der Waals surface area contributed by atoms with Crippen LogP contribution in [0.4, 0.5) is 0 Å². The van der Waals surface area contributed by atoms with Gasteiger partial charge in [-0.1, -0.05) is 30.3 Å². The fourth-order valence-electron chi connectivity index (χ4n) is 3.88. The Morgan fingerprint density at radius 3 is 2.84 bits per heavy atom. The van der Waals surface area contributed by atoms with Crippen molar-refractivity contribution in [2.45, 2.75) is 43.9 Å². The summed E-state index contributed by atoms with van der Waals surface area (Å²) in [5, 5.41) is 9.12. The smallest absolute Gasteiger partial charge is 0.306 e. The lowest BCUT2D eigenvalue weighted by molar-refractivity contribution is -0.196. The Labute approximate surface area is 146 Å². The minimum absolute atomic E-state index is 0.0660. The molecular formula is C19H23N3O3. The highest BCUT2D eigenvalue weighted by molar-refractivity contribution is 5.67. The van der Waals surface area contributed by atoms with Crippen LogP contribution in [0.1, 0.15) is 31.4 Å². The van der Waals surface area contributed by atoms with Gasteiger partial charge >= 0.3 is 5.97 Å². The summed E-state index contributed by atoms with van der Waals surface area (Å²) in [6.45, 7) is 2.25. The van der Waals surface area contributed by atoms with E-state index in [0.29, 0.717) is 6.54 Å². The number of imidazole rings is 1. The summed E-state index contributed by atoms with van der Waals surface area (Å²) in [4.78, 5) is 21.3. The Kier molecular flexibility index (Phi) is 4.31. The van der Waals surface area contributed by atoms with Gasteiger partial charge in [-0.05, 0) is 19.3 Å². The van der Waals surface area contributed by atoms with E-state index in [1.165, 1.54) is 0 Å². The van der Waals surface area contributed by atoms with E-state index in [0.717, 1.165) is 49.4 Å². The van der Waals surface area contributed by atoms with Gasteiger partial charge in [-0.2, -0.15) is 0 Å². The van der Waals surface area contributed by atoms with E-state index in [1.54, 1.807) is 0 Å². The lowest BCUT2D eigenvalue weighted by atomic mass is 9.78. The zero-order valence-electron chi connectivity index (χ0n) is 14.1. The van der Waals surface area contributed by atoms with Crippen LogP contribution in [0, 0.1) is 0 Å². The minimum Gasteiger partial charge on any atom is -0.481 e. The summed E-state index contributed by atoms with van der Waals surface area (Å²) in [7, 11) is 0. The molecule has 2 N–H and O–H groups in total. The van der Waals surface area contributed by atoms with Crippen LogP contribution >= 0.6 is 0 Å². The van der Waals surface area contributed by atoms with Gasteiger partial charge in [0.15, 0.2) is 0 Å². The van der Waals surface area contributed by atoms with Crippen molar-refractivity contribution in [1.82, 2.24) is 14.9 Å². The molecule has 2 heterocycles. The number of aromatic amines is 1. The molecule has 1 aromatic carbocycles. The van der Waals surface area contributed by atoms with E-state index in [4.69, 9.17) is 9.84 Å². The third-order valence-electron chi connectivity index (χ3n) is 5.13. The monoisotopic (exact) mass is 341 g/mol. The number of hydrogen-bond acceptors (Lipinski definition) is 4. The number of benzene rings is 1. The molecule has 1 aliphatic heterocycles. The van der Waals surface area contributed by atoms with Gasteiger partial charge in [0.05, 0.1) is 18.1 Å². The molecule has 1 unspecified atom stereocenters. The van der Waals surface area contributed by atoms with Crippen LogP contribution in [-0.2, 0) is 16.1 Å². The quantitative estimate of drug-likeness (QED) is 0.874. The van der Waals surface area contributed by atoms with E-state index < -0.39 is 5.97 Å². The number of nitrogens with zero attached hydrogens (tertiary/aromatic N) is 2. The molecule has 6 heteroatoms. The van der Waals surface area contributed by atoms with Crippen molar-refractivity contribution in [1.29, 1.82) is 0 Å². The normalized spacial score (nSPS) is 22.6. The van der Waals surface area contributed by atoms with Crippen molar-refractivity contribution in [2.75, 3.05) is 13.1 Å². The van der Waals surface area contributed by atoms with E-state index in [2.05, 4.69) is 14.9 Å². The lowest BCUT2D eigenvalue weighted by Crippen LogP contribution is -2.58. The molecule has 0 amide bonds. The van der Waals surface area contributed by atoms with Crippen LogP contribution < -0.4 is 0 Å². The molecule has 132 valence electrons. The number of ether oxygens (including phenoxy) is 1. The highest BCUT2D eigenvalue weighted by Gasteiger charge is 2.45. The zero-order valence-corrected chi connectivity index (χ0v) is 14.1. The third-order valence-corrected chi connectivity index (χ3v) is 5.13. The van der Waals surface area contributed by atoms with Gasteiger partial charge in [0.1, 0.15) is 5.82 Å². The Bertz CT molecular complexity index is 739. The lowest BCUT2D eigenvalue weighted by Gasteiger charge is -2.51. The number of carboxylic acid groups (broad SMARTS) is 1. The molecule has 2 fully saturated rings. The Hall–Kier alpha value is -2.18. The number of carbonyl (C=O) groups is 1. The summed E-state index contributed by atoms with van der Waals surface area (Å²) in [5.41, 5.74) is 1.97. The van der Waals surface area contributed by atoms with Gasteiger partial charge in [-0.15, -0.1) is 0 Å². The van der Waals surface area contributed by atoms with Crippen LogP contribution in [0.3, 0.4) is 0 Å². The van der Waals surface area contributed by atoms with Gasteiger partial charge < -0.3 is 14.8 Å².